The second kappa shape index (κ2) is 5.85. The number of piperidine rings is 1. The highest BCUT2D eigenvalue weighted by Crippen LogP contribution is 2.19. The Morgan fingerprint density at radius 1 is 1.53 bits per heavy atom. The van der Waals surface area contributed by atoms with Crippen LogP contribution in [0.2, 0.25) is 0 Å². The SMILES string of the molecule is CCN(c1ccc(S(N)(=O)=O)cn1)C1CCCNC1. The van der Waals surface area contributed by atoms with Gasteiger partial charge in [-0.1, -0.05) is 0 Å². The molecule has 3 N–H and O–H groups in total. The van der Waals surface area contributed by atoms with Crippen molar-refractivity contribution in [3.63, 3.8) is 0 Å². The number of hydrogen-bond donors (Lipinski definition) is 2. The van der Waals surface area contributed by atoms with E-state index in [2.05, 4.69) is 22.1 Å². The molecule has 0 bridgehead atoms. The molecule has 106 valence electrons. The van der Waals surface area contributed by atoms with Crippen LogP contribution < -0.4 is 15.4 Å². The Hall–Kier alpha value is -1.18. The molecule has 0 saturated carbocycles. The molecular formula is C12H20N4O2S. The van der Waals surface area contributed by atoms with Gasteiger partial charge in [0.05, 0.1) is 0 Å². The van der Waals surface area contributed by atoms with Gasteiger partial charge in [-0.05, 0) is 38.4 Å². The van der Waals surface area contributed by atoms with E-state index in [1.165, 1.54) is 12.3 Å². The van der Waals surface area contributed by atoms with Crippen molar-refractivity contribution in [1.82, 2.24) is 10.3 Å². The molecule has 1 aromatic rings. The smallest absolute Gasteiger partial charge is 0.239 e. The number of pyridine rings is 1. The topological polar surface area (TPSA) is 88.3 Å². The number of sulfonamides is 1. The largest absolute Gasteiger partial charge is 0.353 e. The fourth-order valence-corrected chi connectivity index (χ4v) is 2.87. The molecule has 1 aromatic heterocycles. The minimum absolute atomic E-state index is 0.0501. The molecule has 2 rings (SSSR count). The molecule has 0 spiro atoms. The number of rotatable bonds is 4. The summed E-state index contributed by atoms with van der Waals surface area (Å²) < 4.78 is 22.4. The van der Waals surface area contributed by atoms with Gasteiger partial charge in [-0.3, -0.25) is 0 Å². The highest BCUT2D eigenvalue weighted by atomic mass is 32.2. The molecular weight excluding hydrogens is 264 g/mol. The number of hydrogen-bond acceptors (Lipinski definition) is 5. The number of nitrogens with zero attached hydrogens (tertiary/aromatic N) is 2. The fourth-order valence-electron chi connectivity index (χ4n) is 2.42. The first kappa shape index (κ1) is 14.2. The van der Waals surface area contributed by atoms with Crippen LogP contribution in [-0.2, 0) is 10.0 Å². The third kappa shape index (κ3) is 3.43. The summed E-state index contributed by atoms with van der Waals surface area (Å²) in [5.74, 6) is 0.795. The molecule has 7 heteroatoms. The Balaban J connectivity index is 2.19. The summed E-state index contributed by atoms with van der Waals surface area (Å²) in [7, 11) is -3.67. The van der Waals surface area contributed by atoms with Gasteiger partial charge in [0.2, 0.25) is 10.0 Å². The standard InChI is InChI=1S/C12H20N4O2S/c1-2-16(10-4-3-7-14-8-10)12-6-5-11(9-15-12)19(13,17)18/h5-6,9-10,14H,2-4,7-8H2,1H3,(H2,13,17,18). The van der Waals surface area contributed by atoms with Gasteiger partial charge in [0, 0.05) is 25.3 Å². The molecule has 0 radical (unpaired) electrons. The van der Waals surface area contributed by atoms with Crippen LogP contribution in [-0.4, -0.2) is 39.1 Å². The molecule has 0 aliphatic carbocycles. The Morgan fingerprint density at radius 2 is 2.32 bits per heavy atom. The van der Waals surface area contributed by atoms with E-state index in [-0.39, 0.29) is 4.90 Å². The van der Waals surface area contributed by atoms with Gasteiger partial charge < -0.3 is 10.2 Å². The number of aromatic nitrogens is 1. The van der Waals surface area contributed by atoms with Crippen molar-refractivity contribution in [1.29, 1.82) is 0 Å². The number of anilines is 1. The maximum atomic E-state index is 11.2. The molecule has 2 heterocycles. The predicted molar refractivity (Wildman–Crippen MR) is 74.5 cm³/mol. The maximum Gasteiger partial charge on any atom is 0.239 e. The van der Waals surface area contributed by atoms with Gasteiger partial charge in [-0.2, -0.15) is 0 Å². The zero-order valence-electron chi connectivity index (χ0n) is 11.0. The van der Waals surface area contributed by atoms with Gasteiger partial charge in [0.1, 0.15) is 10.7 Å². The molecule has 1 unspecified atom stereocenters. The quantitative estimate of drug-likeness (QED) is 0.830. The van der Waals surface area contributed by atoms with Crippen LogP contribution in [0.15, 0.2) is 23.2 Å². The van der Waals surface area contributed by atoms with Crippen molar-refractivity contribution in [2.24, 2.45) is 5.14 Å². The van der Waals surface area contributed by atoms with E-state index >= 15 is 0 Å². The first-order valence-electron chi connectivity index (χ1n) is 6.48. The van der Waals surface area contributed by atoms with Crippen LogP contribution in [0.5, 0.6) is 0 Å². The number of primary sulfonamides is 1. The van der Waals surface area contributed by atoms with E-state index in [1.54, 1.807) is 6.07 Å². The summed E-state index contributed by atoms with van der Waals surface area (Å²) in [6.07, 6.45) is 3.60. The zero-order valence-corrected chi connectivity index (χ0v) is 11.9. The third-order valence-electron chi connectivity index (χ3n) is 3.40. The average molecular weight is 284 g/mol. The van der Waals surface area contributed by atoms with Gasteiger partial charge >= 0.3 is 0 Å². The van der Waals surface area contributed by atoms with Crippen molar-refractivity contribution < 1.29 is 8.42 Å². The summed E-state index contributed by atoms with van der Waals surface area (Å²) in [5.41, 5.74) is 0. The zero-order chi connectivity index (χ0) is 13.9. The fraction of sp³-hybridized carbons (Fsp3) is 0.583. The van der Waals surface area contributed by atoms with Crippen molar-refractivity contribution in [2.75, 3.05) is 24.5 Å². The number of nitrogens with two attached hydrogens (primary N) is 1. The minimum atomic E-state index is -3.67. The molecule has 0 amide bonds. The minimum Gasteiger partial charge on any atom is -0.353 e. The number of nitrogens with one attached hydrogen (secondary N) is 1. The molecule has 1 fully saturated rings. The highest BCUT2D eigenvalue weighted by molar-refractivity contribution is 7.89. The van der Waals surface area contributed by atoms with E-state index in [1.807, 2.05) is 0 Å². The third-order valence-corrected chi connectivity index (χ3v) is 4.29. The van der Waals surface area contributed by atoms with Crippen LogP contribution in [0.25, 0.3) is 0 Å². The Morgan fingerprint density at radius 3 is 2.79 bits per heavy atom. The molecule has 1 aliphatic heterocycles. The van der Waals surface area contributed by atoms with Crippen molar-refractivity contribution in [3.05, 3.63) is 18.3 Å². The van der Waals surface area contributed by atoms with Crippen LogP contribution in [0, 0.1) is 0 Å². The first-order valence-corrected chi connectivity index (χ1v) is 8.03. The summed E-state index contributed by atoms with van der Waals surface area (Å²) in [4.78, 5) is 6.47. The second-order valence-corrected chi connectivity index (χ2v) is 6.24. The second-order valence-electron chi connectivity index (χ2n) is 4.68. The highest BCUT2D eigenvalue weighted by Gasteiger charge is 2.21. The van der Waals surface area contributed by atoms with Crippen LogP contribution in [0.1, 0.15) is 19.8 Å². The van der Waals surface area contributed by atoms with Gasteiger partial charge in [0.15, 0.2) is 0 Å². The van der Waals surface area contributed by atoms with Crippen LogP contribution in [0.4, 0.5) is 5.82 Å². The first-order chi connectivity index (χ1) is 9.02. The molecule has 19 heavy (non-hydrogen) atoms. The van der Waals surface area contributed by atoms with Crippen LogP contribution >= 0.6 is 0 Å². The van der Waals surface area contributed by atoms with Gasteiger partial charge in [0.25, 0.3) is 0 Å². The van der Waals surface area contributed by atoms with Gasteiger partial charge in [-0.25, -0.2) is 18.5 Å². The van der Waals surface area contributed by atoms with Crippen molar-refractivity contribution in [2.45, 2.75) is 30.7 Å². The monoisotopic (exact) mass is 284 g/mol. The lowest BCUT2D eigenvalue weighted by molar-refractivity contribution is 0.433. The molecule has 1 aliphatic rings. The van der Waals surface area contributed by atoms with E-state index in [4.69, 9.17) is 5.14 Å². The molecule has 6 nitrogen and oxygen atoms in total. The Labute approximate surface area is 114 Å². The van der Waals surface area contributed by atoms with E-state index in [0.717, 1.165) is 38.3 Å². The van der Waals surface area contributed by atoms with Crippen molar-refractivity contribution in [3.8, 4) is 0 Å². The predicted octanol–water partition coefficient (Wildman–Crippen LogP) is 0.307. The van der Waals surface area contributed by atoms with E-state index in [9.17, 15) is 8.42 Å². The lowest BCUT2D eigenvalue weighted by Gasteiger charge is -2.34. The van der Waals surface area contributed by atoms with E-state index in [0.29, 0.717) is 6.04 Å². The maximum absolute atomic E-state index is 11.2. The Bertz CT molecular complexity index is 509. The lowest BCUT2D eigenvalue weighted by Crippen LogP contribution is -2.46. The summed E-state index contributed by atoms with van der Waals surface area (Å²) in [5, 5.41) is 8.44. The summed E-state index contributed by atoms with van der Waals surface area (Å²) >= 11 is 0. The summed E-state index contributed by atoms with van der Waals surface area (Å²) in [6.45, 7) is 4.91. The molecule has 0 aromatic carbocycles. The summed E-state index contributed by atoms with van der Waals surface area (Å²) in [6, 6.07) is 3.64. The molecule has 1 atom stereocenters. The Kier molecular flexibility index (Phi) is 4.38. The van der Waals surface area contributed by atoms with Gasteiger partial charge in [-0.15, -0.1) is 0 Å². The molecule has 1 saturated heterocycles. The normalized spacial score (nSPS) is 20.2. The van der Waals surface area contributed by atoms with Crippen LogP contribution in [0.3, 0.4) is 0 Å². The lowest BCUT2D eigenvalue weighted by atomic mass is 10.1. The average Bonchev–Trinajstić information content (AvgIpc) is 2.40. The van der Waals surface area contributed by atoms with Crippen molar-refractivity contribution >= 4 is 15.8 Å². The van der Waals surface area contributed by atoms with E-state index < -0.39 is 10.0 Å². The number of likely N-dealkylation sites (N-methyl/N-ethyl adjacent to an activating group) is 1.